The Hall–Kier alpha value is -1.85. The first kappa shape index (κ1) is 16.5. The number of carbonyl (C=O) groups excluding carboxylic acids is 1. The van der Waals surface area contributed by atoms with Crippen molar-refractivity contribution in [3.63, 3.8) is 0 Å². The number of nitrogens with one attached hydrogen (secondary N) is 3. The van der Waals surface area contributed by atoms with Gasteiger partial charge in [-0.2, -0.15) is 5.10 Å². The molecule has 0 spiro atoms. The maximum Gasteiger partial charge on any atom is 0.244 e. The van der Waals surface area contributed by atoms with Crippen molar-refractivity contribution in [1.82, 2.24) is 15.5 Å². The highest BCUT2D eigenvalue weighted by Gasteiger charge is 2.34. The topological polar surface area (TPSA) is 69.8 Å². The number of rotatable bonds is 3. The molecule has 1 unspecified atom stereocenters. The zero-order valence-corrected chi connectivity index (χ0v) is 13.4. The first-order chi connectivity index (χ1) is 10.2. The largest absolute Gasteiger partial charge is 0.324 e. The highest BCUT2D eigenvalue weighted by molar-refractivity contribution is 5.98. The molecule has 1 aromatic heterocycles. The number of carbonyl (C=O) groups is 1. The van der Waals surface area contributed by atoms with Gasteiger partial charge in [0.15, 0.2) is 0 Å². The summed E-state index contributed by atoms with van der Waals surface area (Å²) >= 11 is 0. The van der Waals surface area contributed by atoms with Gasteiger partial charge in [0.05, 0.1) is 11.2 Å². The van der Waals surface area contributed by atoms with Gasteiger partial charge in [0.25, 0.3) is 0 Å². The molecule has 2 aromatic rings. The molecule has 1 atom stereocenters. The van der Waals surface area contributed by atoms with Crippen LogP contribution in [0, 0.1) is 0 Å². The van der Waals surface area contributed by atoms with Crippen molar-refractivity contribution < 1.29 is 4.79 Å². The van der Waals surface area contributed by atoms with Crippen molar-refractivity contribution in [3.8, 4) is 11.3 Å². The van der Waals surface area contributed by atoms with E-state index in [9.17, 15) is 4.79 Å². The smallest absolute Gasteiger partial charge is 0.244 e. The third kappa shape index (κ3) is 3.48. The van der Waals surface area contributed by atoms with Gasteiger partial charge < -0.3 is 10.6 Å². The summed E-state index contributed by atoms with van der Waals surface area (Å²) in [7, 11) is 0. The number of halogens is 1. The minimum atomic E-state index is -0.470. The van der Waals surface area contributed by atoms with E-state index in [1.54, 1.807) is 6.20 Å². The van der Waals surface area contributed by atoms with Crippen LogP contribution < -0.4 is 10.6 Å². The van der Waals surface area contributed by atoms with E-state index in [0.29, 0.717) is 0 Å². The molecule has 6 heteroatoms. The van der Waals surface area contributed by atoms with Crippen LogP contribution in [-0.4, -0.2) is 28.2 Å². The summed E-state index contributed by atoms with van der Waals surface area (Å²) in [6.45, 7) is 2.87. The zero-order chi connectivity index (χ0) is 14.7. The predicted octanol–water partition coefficient (Wildman–Crippen LogP) is 2.97. The highest BCUT2D eigenvalue weighted by Crippen LogP contribution is 2.23. The van der Waals surface area contributed by atoms with Gasteiger partial charge in [-0.15, -0.1) is 12.4 Å². The fraction of sp³-hybridized carbons (Fsp3) is 0.375. The Morgan fingerprint density at radius 2 is 2.18 bits per heavy atom. The molecule has 0 bridgehead atoms. The van der Waals surface area contributed by atoms with Gasteiger partial charge in [0.2, 0.25) is 5.91 Å². The normalized spacial score (nSPS) is 21.0. The fourth-order valence-corrected chi connectivity index (χ4v) is 2.70. The average Bonchev–Trinajstić information content (AvgIpc) is 3.02. The number of benzene rings is 1. The quantitative estimate of drug-likeness (QED) is 0.814. The van der Waals surface area contributed by atoms with E-state index < -0.39 is 5.54 Å². The van der Waals surface area contributed by atoms with Crippen LogP contribution in [0.3, 0.4) is 0 Å². The number of amides is 1. The number of nitrogens with zero attached hydrogens (tertiary/aromatic N) is 1. The predicted molar refractivity (Wildman–Crippen MR) is 90.2 cm³/mol. The molecular formula is C16H21ClN4O. The Balaban J connectivity index is 0.00000176. The number of hydrogen-bond donors (Lipinski definition) is 3. The van der Waals surface area contributed by atoms with Crippen LogP contribution in [0.5, 0.6) is 0 Å². The van der Waals surface area contributed by atoms with Crippen LogP contribution in [0.2, 0.25) is 0 Å². The van der Waals surface area contributed by atoms with Crippen LogP contribution in [0.15, 0.2) is 36.5 Å². The van der Waals surface area contributed by atoms with Crippen molar-refractivity contribution in [2.24, 2.45) is 0 Å². The van der Waals surface area contributed by atoms with Crippen LogP contribution in [0.4, 0.5) is 5.69 Å². The van der Waals surface area contributed by atoms with Crippen molar-refractivity contribution >= 4 is 24.0 Å². The minimum Gasteiger partial charge on any atom is -0.324 e. The molecule has 0 radical (unpaired) electrons. The second-order valence-corrected chi connectivity index (χ2v) is 5.72. The molecule has 1 aromatic carbocycles. The number of piperidine rings is 1. The molecule has 3 N–H and O–H groups in total. The first-order valence-electron chi connectivity index (χ1n) is 7.34. The standard InChI is InChI=1S/C16H20N4O.ClH/c1-16(8-2-3-9-17-16)15(21)19-13-6-4-5-12(11-13)14-7-10-18-20-14;/h4-7,10-11,17H,2-3,8-9H2,1H3,(H,18,20)(H,19,21);1H. The zero-order valence-electron chi connectivity index (χ0n) is 12.6. The van der Waals surface area contributed by atoms with Crippen molar-refractivity contribution in [2.45, 2.75) is 31.7 Å². The molecule has 1 aliphatic rings. The number of anilines is 1. The lowest BCUT2D eigenvalue weighted by atomic mass is 9.90. The molecule has 1 aliphatic heterocycles. The van der Waals surface area contributed by atoms with Gasteiger partial charge in [-0.05, 0) is 50.9 Å². The van der Waals surface area contributed by atoms with Gasteiger partial charge in [-0.1, -0.05) is 12.1 Å². The Morgan fingerprint density at radius 1 is 1.32 bits per heavy atom. The van der Waals surface area contributed by atoms with Gasteiger partial charge >= 0.3 is 0 Å². The van der Waals surface area contributed by atoms with E-state index in [1.165, 1.54) is 0 Å². The van der Waals surface area contributed by atoms with E-state index in [2.05, 4.69) is 20.8 Å². The summed E-state index contributed by atoms with van der Waals surface area (Å²) in [5, 5.41) is 13.2. The lowest BCUT2D eigenvalue weighted by molar-refractivity contribution is -0.122. The maximum absolute atomic E-state index is 12.5. The molecule has 1 saturated heterocycles. The van der Waals surface area contributed by atoms with E-state index in [4.69, 9.17) is 0 Å². The van der Waals surface area contributed by atoms with Crippen molar-refractivity contribution in [3.05, 3.63) is 36.5 Å². The Morgan fingerprint density at radius 3 is 2.86 bits per heavy atom. The number of hydrogen-bond acceptors (Lipinski definition) is 3. The molecule has 118 valence electrons. The molecule has 1 fully saturated rings. The second kappa shape index (κ2) is 6.94. The molecule has 0 aliphatic carbocycles. The molecule has 1 amide bonds. The Bertz CT molecular complexity index is 621. The monoisotopic (exact) mass is 320 g/mol. The van der Waals surface area contributed by atoms with Gasteiger partial charge in [-0.25, -0.2) is 0 Å². The van der Waals surface area contributed by atoms with Gasteiger partial charge in [-0.3, -0.25) is 9.89 Å². The van der Waals surface area contributed by atoms with Crippen LogP contribution in [-0.2, 0) is 4.79 Å². The van der Waals surface area contributed by atoms with E-state index in [1.807, 2.05) is 37.3 Å². The molecule has 0 saturated carbocycles. The lowest BCUT2D eigenvalue weighted by Crippen LogP contribution is -2.54. The lowest BCUT2D eigenvalue weighted by Gasteiger charge is -2.33. The maximum atomic E-state index is 12.5. The molecule has 22 heavy (non-hydrogen) atoms. The number of aromatic nitrogens is 2. The highest BCUT2D eigenvalue weighted by atomic mass is 35.5. The summed E-state index contributed by atoms with van der Waals surface area (Å²) in [5.41, 5.74) is 2.28. The number of aromatic amines is 1. The molecule has 3 rings (SSSR count). The molecular weight excluding hydrogens is 300 g/mol. The van der Waals surface area contributed by atoms with Crippen LogP contribution in [0.1, 0.15) is 26.2 Å². The summed E-state index contributed by atoms with van der Waals surface area (Å²) < 4.78 is 0. The van der Waals surface area contributed by atoms with E-state index in [-0.39, 0.29) is 18.3 Å². The summed E-state index contributed by atoms with van der Waals surface area (Å²) in [5.74, 6) is 0.0314. The Labute approximate surface area is 136 Å². The number of H-pyrrole nitrogens is 1. The van der Waals surface area contributed by atoms with Gasteiger partial charge in [0.1, 0.15) is 0 Å². The second-order valence-electron chi connectivity index (χ2n) is 5.72. The SMILES string of the molecule is CC1(C(=O)Nc2cccc(-c3ccn[nH]3)c2)CCCCN1.Cl. The summed E-state index contributed by atoms with van der Waals surface area (Å²) in [6, 6.07) is 9.69. The average molecular weight is 321 g/mol. The summed E-state index contributed by atoms with van der Waals surface area (Å²) in [6.07, 6.45) is 4.82. The minimum absolute atomic E-state index is 0. The fourth-order valence-electron chi connectivity index (χ4n) is 2.70. The molecule has 2 heterocycles. The van der Waals surface area contributed by atoms with Crippen LogP contribution in [0.25, 0.3) is 11.3 Å². The third-order valence-electron chi connectivity index (χ3n) is 4.05. The van der Waals surface area contributed by atoms with E-state index >= 15 is 0 Å². The first-order valence-corrected chi connectivity index (χ1v) is 7.34. The van der Waals surface area contributed by atoms with Crippen molar-refractivity contribution in [1.29, 1.82) is 0 Å². The molecule has 5 nitrogen and oxygen atoms in total. The van der Waals surface area contributed by atoms with Crippen LogP contribution >= 0.6 is 12.4 Å². The summed E-state index contributed by atoms with van der Waals surface area (Å²) in [4.78, 5) is 12.5. The van der Waals surface area contributed by atoms with Gasteiger partial charge in [0, 0.05) is 17.4 Å². The Kier molecular flexibility index (Phi) is 5.21. The van der Waals surface area contributed by atoms with Crippen molar-refractivity contribution in [2.75, 3.05) is 11.9 Å². The van der Waals surface area contributed by atoms with E-state index in [0.717, 1.165) is 42.8 Å². The third-order valence-corrected chi connectivity index (χ3v) is 4.05.